The van der Waals surface area contributed by atoms with E-state index in [1.165, 1.54) is 12.3 Å². The molecule has 0 radical (unpaired) electrons. The number of aryl methyl sites for hydroxylation is 1. The second kappa shape index (κ2) is 9.72. The molecule has 0 aromatic carbocycles. The topological polar surface area (TPSA) is 109 Å². The van der Waals surface area contributed by atoms with E-state index < -0.39 is 21.4 Å². The normalized spacial score (nSPS) is 21.4. The van der Waals surface area contributed by atoms with Crippen LogP contribution in [-0.4, -0.2) is 66.1 Å². The number of hydrogen-bond acceptors (Lipinski definition) is 9. The summed E-state index contributed by atoms with van der Waals surface area (Å²) in [6.07, 6.45) is 5.33. The van der Waals surface area contributed by atoms with E-state index >= 15 is 0 Å². The third kappa shape index (κ3) is 4.84. The van der Waals surface area contributed by atoms with Crippen LogP contribution in [-0.2, 0) is 19.6 Å². The fourth-order valence-corrected chi connectivity index (χ4v) is 5.09. The molecule has 0 N–H and O–H groups in total. The predicted molar refractivity (Wildman–Crippen MR) is 128 cm³/mol. The number of morpholine rings is 1. The lowest BCUT2D eigenvalue weighted by Gasteiger charge is -2.34. The first-order chi connectivity index (χ1) is 17.6. The lowest BCUT2D eigenvalue weighted by atomic mass is 10.1. The summed E-state index contributed by atoms with van der Waals surface area (Å²) in [4.78, 5) is 11.2. The Morgan fingerprint density at radius 3 is 2.73 bits per heavy atom. The van der Waals surface area contributed by atoms with Crippen molar-refractivity contribution in [3.63, 3.8) is 0 Å². The summed E-state index contributed by atoms with van der Waals surface area (Å²) in [6, 6.07) is 2.78. The molecule has 0 amide bonds. The standard InChI is InChI=1S/C23H26F3N5O5S/c1-14-12-27-21(16-6-7-28-31(16)19-5-3-4-9-35-19)22-20(14)17(36-37(32,33)23(24,25)26)11-18(29-22)30-8-10-34-13-15(30)2/h6-7,11-12,15,19H,3-5,8-10,13H2,1-2H3/t15-,19-/m1/s1. The Morgan fingerprint density at radius 1 is 1.22 bits per heavy atom. The molecule has 3 aromatic rings. The van der Waals surface area contributed by atoms with E-state index in [4.69, 9.17) is 18.6 Å². The third-order valence-corrected chi connectivity index (χ3v) is 7.43. The first-order valence-electron chi connectivity index (χ1n) is 11.9. The van der Waals surface area contributed by atoms with Gasteiger partial charge in [0.1, 0.15) is 17.0 Å². The molecule has 5 rings (SSSR count). The summed E-state index contributed by atoms with van der Waals surface area (Å²) in [5.41, 5.74) is -4.14. The molecule has 200 valence electrons. The minimum atomic E-state index is -5.94. The Hall–Kier alpha value is -2.97. The van der Waals surface area contributed by atoms with Crippen LogP contribution in [0.15, 0.2) is 24.5 Å². The minimum absolute atomic E-state index is 0.111. The maximum absolute atomic E-state index is 13.3. The van der Waals surface area contributed by atoms with Gasteiger partial charge in [0, 0.05) is 31.6 Å². The molecule has 10 nitrogen and oxygen atoms in total. The SMILES string of the molecule is Cc1cnc(-c2ccnn2[C@H]2CCCCO2)c2nc(N3CCOC[C@H]3C)cc(OS(=O)(=O)C(F)(F)F)c12. The first kappa shape index (κ1) is 25.7. The van der Waals surface area contributed by atoms with Crippen molar-refractivity contribution in [3.05, 3.63) is 30.1 Å². The molecule has 2 fully saturated rings. The zero-order valence-corrected chi connectivity index (χ0v) is 21.0. The number of fused-ring (bicyclic) bond motifs is 1. The molecular weight excluding hydrogens is 515 g/mol. The van der Waals surface area contributed by atoms with Gasteiger partial charge < -0.3 is 18.6 Å². The van der Waals surface area contributed by atoms with Crippen LogP contribution in [0.4, 0.5) is 19.0 Å². The molecule has 0 unspecified atom stereocenters. The molecule has 0 aliphatic carbocycles. The van der Waals surface area contributed by atoms with Crippen LogP contribution in [0.5, 0.6) is 5.75 Å². The quantitative estimate of drug-likeness (QED) is 0.350. The molecule has 0 saturated carbocycles. The van der Waals surface area contributed by atoms with Crippen molar-refractivity contribution in [2.75, 3.05) is 31.3 Å². The van der Waals surface area contributed by atoms with Crippen LogP contribution < -0.4 is 9.08 Å². The van der Waals surface area contributed by atoms with Gasteiger partial charge in [0.05, 0.1) is 30.3 Å². The van der Waals surface area contributed by atoms with Crippen molar-refractivity contribution in [2.45, 2.75) is 50.9 Å². The van der Waals surface area contributed by atoms with Gasteiger partial charge in [0.25, 0.3) is 0 Å². The van der Waals surface area contributed by atoms with E-state index in [2.05, 4.69) is 10.1 Å². The molecule has 2 atom stereocenters. The maximum Gasteiger partial charge on any atom is 0.534 e. The number of ether oxygens (including phenoxy) is 2. The molecule has 0 spiro atoms. The summed E-state index contributed by atoms with van der Waals surface area (Å²) >= 11 is 0. The molecule has 2 aliphatic heterocycles. The van der Waals surface area contributed by atoms with Crippen LogP contribution in [0.3, 0.4) is 0 Å². The lowest BCUT2D eigenvalue weighted by molar-refractivity contribution is -0.0499. The van der Waals surface area contributed by atoms with E-state index in [-0.39, 0.29) is 29.0 Å². The number of aromatic nitrogens is 4. The Balaban J connectivity index is 1.73. The van der Waals surface area contributed by atoms with Crippen molar-refractivity contribution < 1.29 is 35.2 Å². The van der Waals surface area contributed by atoms with Gasteiger partial charge in [0.2, 0.25) is 0 Å². The predicted octanol–water partition coefficient (Wildman–Crippen LogP) is 3.95. The first-order valence-corrected chi connectivity index (χ1v) is 13.3. The molecule has 14 heteroatoms. The average molecular weight is 542 g/mol. The molecule has 37 heavy (non-hydrogen) atoms. The number of halogens is 3. The van der Waals surface area contributed by atoms with Crippen LogP contribution in [0.1, 0.15) is 38.0 Å². The molecule has 5 heterocycles. The number of hydrogen-bond donors (Lipinski definition) is 0. The number of alkyl halides is 3. The van der Waals surface area contributed by atoms with Crippen LogP contribution in [0, 0.1) is 6.92 Å². The molecule has 3 aromatic heterocycles. The fourth-order valence-electron chi connectivity index (χ4n) is 4.63. The van der Waals surface area contributed by atoms with Gasteiger partial charge >= 0.3 is 15.6 Å². The van der Waals surface area contributed by atoms with Crippen LogP contribution in [0.25, 0.3) is 22.3 Å². The Bertz CT molecular complexity index is 1410. The van der Waals surface area contributed by atoms with E-state index in [1.807, 2.05) is 11.8 Å². The Kier molecular flexibility index (Phi) is 6.75. The van der Waals surface area contributed by atoms with Gasteiger partial charge in [0.15, 0.2) is 12.0 Å². The van der Waals surface area contributed by atoms with Gasteiger partial charge in [-0.2, -0.15) is 26.7 Å². The highest BCUT2D eigenvalue weighted by molar-refractivity contribution is 7.88. The van der Waals surface area contributed by atoms with Crippen molar-refractivity contribution in [1.82, 2.24) is 19.7 Å². The highest BCUT2D eigenvalue weighted by atomic mass is 32.2. The number of nitrogens with zero attached hydrogens (tertiary/aromatic N) is 5. The summed E-state index contributed by atoms with van der Waals surface area (Å²) in [6.45, 7) is 5.23. The van der Waals surface area contributed by atoms with E-state index in [9.17, 15) is 21.6 Å². The van der Waals surface area contributed by atoms with Crippen molar-refractivity contribution in [3.8, 4) is 17.1 Å². The zero-order chi connectivity index (χ0) is 26.4. The van der Waals surface area contributed by atoms with Crippen molar-refractivity contribution >= 4 is 26.8 Å². The van der Waals surface area contributed by atoms with Gasteiger partial charge in [-0.15, -0.1) is 0 Å². The second-order valence-corrected chi connectivity index (χ2v) is 10.6. The summed E-state index contributed by atoms with van der Waals surface area (Å²) in [7, 11) is -5.94. The molecule has 2 aliphatic rings. The summed E-state index contributed by atoms with van der Waals surface area (Å²) in [5.74, 6) is -0.221. The highest BCUT2D eigenvalue weighted by Crippen LogP contribution is 2.40. The zero-order valence-electron chi connectivity index (χ0n) is 20.2. The van der Waals surface area contributed by atoms with Crippen LogP contribution in [0.2, 0.25) is 0 Å². The monoisotopic (exact) mass is 541 g/mol. The number of pyridine rings is 2. The van der Waals surface area contributed by atoms with Gasteiger partial charge in [-0.25, -0.2) is 9.67 Å². The molecule has 0 bridgehead atoms. The summed E-state index contributed by atoms with van der Waals surface area (Å²) < 4.78 is 81.8. The molecular formula is C23H26F3N5O5S. The molecule has 2 saturated heterocycles. The van der Waals surface area contributed by atoms with Crippen molar-refractivity contribution in [1.29, 1.82) is 0 Å². The van der Waals surface area contributed by atoms with Crippen molar-refractivity contribution in [2.24, 2.45) is 0 Å². The van der Waals surface area contributed by atoms with E-state index in [0.29, 0.717) is 43.3 Å². The van der Waals surface area contributed by atoms with Crippen LogP contribution >= 0.6 is 0 Å². The van der Waals surface area contributed by atoms with E-state index in [0.717, 1.165) is 19.3 Å². The Labute approximate surface area is 211 Å². The van der Waals surface area contributed by atoms with E-state index in [1.54, 1.807) is 23.9 Å². The fraction of sp³-hybridized carbons (Fsp3) is 0.522. The summed E-state index contributed by atoms with van der Waals surface area (Å²) in [5, 5.41) is 4.52. The van der Waals surface area contributed by atoms with Gasteiger partial charge in [-0.05, 0) is 44.7 Å². The van der Waals surface area contributed by atoms with Gasteiger partial charge in [-0.3, -0.25) is 4.98 Å². The number of rotatable bonds is 5. The largest absolute Gasteiger partial charge is 0.534 e. The number of anilines is 1. The third-order valence-electron chi connectivity index (χ3n) is 6.46. The van der Waals surface area contributed by atoms with Gasteiger partial charge in [-0.1, -0.05) is 0 Å². The second-order valence-electron chi connectivity index (χ2n) is 9.07. The lowest BCUT2D eigenvalue weighted by Crippen LogP contribution is -2.44. The minimum Gasteiger partial charge on any atom is -0.377 e. The maximum atomic E-state index is 13.3. The average Bonchev–Trinajstić information content (AvgIpc) is 3.33. The Morgan fingerprint density at radius 2 is 2.03 bits per heavy atom. The highest BCUT2D eigenvalue weighted by Gasteiger charge is 2.49. The smallest absolute Gasteiger partial charge is 0.377 e.